The van der Waals surface area contributed by atoms with Crippen molar-refractivity contribution < 1.29 is 9.59 Å². The number of hydrogen-bond donors (Lipinski definition) is 3. The van der Waals surface area contributed by atoms with Crippen LogP contribution in [-0.2, 0) is 11.2 Å². The molecule has 1 rings (SSSR count). The van der Waals surface area contributed by atoms with Crippen molar-refractivity contribution in [3.05, 3.63) is 35.4 Å². The molecule has 0 aliphatic carbocycles. The lowest BCUT2D eigenvalue weighted by Crippen LogP contribution is -2.40. The lowest BCUT2D eigenvalue weighted by molar-refractivity contribution is -0.119. The zero-order chi connectivity index (χ0) is 12.7. The number of amides is 3. The number of nitrogens with one attached hydrogen (secondary N) is 2. The highest BCUT2D eigenvalue weighted by Gasteiger charge is 2.03. The monoisotopic (exact) mass is 235 g/mol. The summed E-state index contributed by atoms with van der Waals surface area (Å²) in [5.74, 6) is -0.415. The third kappa shape index (κ3) is 5.12. The molecule has 0 saturated heterocycles. The molecule has 0 radical (unpaired) electrons. The van der Waals surface area contributed by atoms with Crippen molar-refractivity contribution in [3.8, 4) is 0 Å². The topological polar surface area (TPSA) is 84.2 Å². The van der Waals surface area contributed by atoms with E-state index in [0.29, 0.717) is 6.54 Å². The van der Waals surface area contributed by atoms with Gasteiger partial charge in [-0.1, -0.05) is 24.3 Å². The molecule has 4 N–H and O–H groups in total. The van der Waals surface area contributed by atoms with Gasteiger partial charge in [0.05, 0.1) is 6.54 Å². The van der Waals surface area contributed by atoms with Gasteiger partial charge >= 0.3 is 6.03 Å². The molecule has 3 amide bonds. The van der Waals surface area contributed by atoms with E-state index in [1.165, 1.54) is 11.1 Å². The average Bonchev–Trinajstić information content (AvgIpc) is 2.25. The summed E-state index contributed by atoms with van der Waals surface area (Å²) in [5.41, 5.74) is 7.29. The molecular formula is C12H17N3O2. The van der Waals surface area contributed by atoms with Crippen molar-refractivity contribution in [1.29, 1.82) is 0 Å². The van der Waals surface area contributed by atoms with Crippen molar-refractivity contribution in [2.24, 2.45) is 5.73 Å². The van der Waals surface area contributed by atoms with Crippen molar-refractivity contribution in [3.63, 3.8) is 0 Å². The summed E-state index contributed by atoms with van der Waals surface area (Å²) >= 11 is 0. The molecule has 5 heteroatoms. The second kappa shape index (κ2) is 6.65. The first-order valence-corrected chi connectivity index (χ1v) is 5.44. The summed E-state index contributed by atoms with van der Waals surface area (Å²) in [5, 5.41) is 4.94. The van der Waals surface area contributed by atoms with Crippen LogP contribution < -0.4 is 16.4 Å². The molecule has 0 aliphatic rings. The van der Waals surface area contributed by atoms with E-state index in [2.05, 4.69) is 24.4 Å². The van der Waals surface area contributed by atoms with Crippen molar-refractivity contribution in [2.45, 2.75) is 13.3 Å². The molecule has 0 saturated carbocycles. The summed E-state index contributed by atoms with van der Waals surface area (Å²) in [4.78, 5) is 21.4. The zero-order valence-corrected chi connectivity index (χ0v) is 9.82. The number of primary amides is 1. The fraction of sp³-hybridized carbons (Fsp3) is 0.333. The highest BCUT2D eigenvalue weighted by molar-refractivity contribution is 5.94. The summed E-state index contributed by atoms with van der Waals surface area (Å²) in [6.07, 6.45) is 0.844. The molecule has 0 spiro atoms. The number of nitrogens with two attached hydrogens (primary N) is 1. The van der Waals surface area contributed by atoms with E-state index >= 15 is 0 Å². The van der Waals surface area contributed by atoms with E-state index in [1.54, 1.807) is 0 Å². The Balaban J connectivity index is 2.23. The van der Waals surface area contributed by atoms with Crippen LogP contribution in [-0.4, -0.2) is 25.0 Å². The summed E-state index contributed by atoms with van der Waals surface area (Å²) in [6.45, 7) is 2.82. The number of rotatable bonds is 5. The van der Waals surface area contributed by atoms with Crippen LogP contribution in [0.5, 0.6) is 0 Å². The van der Waals surface area contributed by atoms with Gasteiger partial charge in [0.25, 0.3) is 0 Å². The SMILES string of the molecule is Cc1ccccc1CCNCC(=O)NC(N)=O. The first-order chi connectivity index (χ1) is 8.09. The number of urea groups is 1. The predicted octanol–water partition coefficient (Wildman–Crippen LogP) is 0.322. The molecule has 0 aromatic heterocycles. The molecule has 0 atom stereocenters. The minimum absolute atomic E-state index is 0.0921. The first-order valence-electron chi connectivity index (χ1n) is 5.44. The van der Waals surface area contributed by atoms with Crippen LogP contribution in [0.1, 0.15) is 11.1 Å². The molecule has 1 aromatic carbocycles. The maximum Gasteiger partial charge on any atom is 0.318 e. The van der Waals surface area contributed by atoms with Gasteiger partial charge in [-0.3, -0.25) is 10.1 Å². The quantitative estimate of drug-likeness (QED) is 0.643. The first kappa shape index (κ1) is 13.2. The fourth-order valence-corrected chi connectivity index (χ4v) is 1.50. The van der Waals surface area contributed by atoms with Gasteiger partial charge in [0, 0.05) is 0 Å². The van der Waals surface area contributed by atoms with Gasteiger partial charge in [-0.15, -0.1) is 0 Å². The van der Waals surface area contributed by atoms with Gasteiger partial charge in [0.1, 0.15) is 0 Å². The van der Waals surface area contributed by atoms with Crippen LogP contribution in [0, 0.1) is 6.92 Å². The van der Waals surface area contributed by atoms with Crippen molar-refractivity contribution >= 4 is 11.9 Å². The van der Waals surface area contributed by atoms with E-state index in [4.69, 9.17) is 5.73 Å². The molecule has 0 aliphatic heterocycles. The lowest BCUT2D eigenvalue weighted by atomic mass is 10.1. The van der Waals surface area contributed by atoms with Gasteiger partial charge in [0.15, 0.2) is 0 Å². The van der Waals surface area contributed by atoms with E-state index in [-0.39, 0.29) is 6.54 Å². The molecule has 5 nitrogen and oxygen atoms in total. The third-order valence-electron chi connectivity index (χ3n) is 2.38. The zero-order valence-electron chi connectivity index (χ0n) is 9.82. The number of carbonyl (C=O) groups is 2. The number of carbonyl (C=O) groups excluding carboxylic acids is 2. The van der Waals surface area contributed by atoms with Gasteiger partial charge in [-0.05, 0) is 31.0 Å². The van der Waals surface area contributed by atoms with E-state index in [9.17, 15) is 9.59 Å². The van der Waals surface area contributed by atoms with Crippen LogP contribution in [0.15, 0.2) is 24.3 Å². The molecule has 92 valence electrons. The van der Waals surface area contributed by atoms with Crippen LogP contribution in [0.4, 0.5) is 4.79 Å². The number of hydrogen-bond acceptors (Lipinski definition) is 3. The summed E-state index contributed by atoms with van der Waals surface area (Å²) in [7, 11) is 0. The predicted molar refractivity (Wildman–Crippen MR) is 65.5 cm³/mol. The molecule has 0 fully saturated rings. The Labute approximate surface area is 100 Å². The average molecular weight is 235 g/mol. The van der Waals surface area contributed by atoms with Gasteiger partial charge in [0.2, 0.25) is 5.91 Å². The Morgan fingerprint density at radius 2 is 2.00 bits per heavy atom. The Kier molecular flexibility index (Phi) is 5.16. The molecule has 17 heavy (non-hydrogen) atoms. The van der Waals surface area contributed by atoms with E-state index in [1.807, 2.05) is 17.4 Å². The molecule has 0 heterocycles. The van der Waals surface area contributed by atoms with Crippen molar-refractivity contribution in [1.82, 2.24) is 10.6 Å². The second-order valence-electron chi connectivity index (χ2n) is 3.77. The summed E-state index contributed by atoms with van der Waals surface area (Å²) in [6, 6.07) is 7.26. The fourth-order valence-electron chi connectivity index (χ4n) is 1.50. The van der Waals surface area contributed by atoms with E-state index < -0.39 is 11.9 Å². The standard InChI is InChI=1S/C12H17N3O2/c1-9-4-2-3-5-10(9)6-7-14-8-11(16)15-12(13)17/h2-5,14H,6-8H2,1H3,(H3,13,15,16,17). The lowest BCUT2D eigenvalue weighted by Gasteiger charge is -2.06. The largest absolute Gasteiger partial charge is 0.351 e. The highest BCUT2D eigenvalue weighted by atomic mass is 16.2. The van der Waals surface area contributed by atoms with Gasteiger partial charge in [-0.25, -0.2) is 4.79 Å². The van der Waals surface area contributed by atoms with E-state index in [0.717, 1.165) is 6.42 Å². The smallest absolute Gasteiger partial charge is 0.318 e. The Morgan fingerprint density at radius 1 is 1.29 bits per heavy atom. The summed E-state index contributed by atoms with van der Waals surface area (Å²) < 4.78 is 0. The van der Waals surface area contributed by atoms with Gasteiger partial charge in [-0.2, -0.15) is 0 Å². The molecule has 0 bridgehead atoms. The molecule has 0 unspecified atom stereocenters. The maximum absolute atomic E-state index is 11.1. The minimum atomic E-state index is -0.823. The van der Waals surface area contributed by atoms with Crippen molar-refractivity contribution in [2.75, 3.05) is 13.1 Å². The molecule has 1 aromatic rings. The third-order valence-corrected chi connectivity index (χ3v) is 2.38. The minimum Gasteiger partial charge on any atom is -0.351 e. The van der Waals surface area contributed by atoms with Crippen LogP contribution >= 0.6 is 0 Å². The number of benzene rings is 1. The Bertz CT molecular complexity index is 404. The Morgan fingerprint density at radius 3 is 2.65 bits per heavy atom. The Hall–Kier alpha value is -1.88. The number of aryl methyl sites for hydroxylation is 1. The van der Waals surface area contributed by atoms with Crippen LogP contribution in [0.3, 0.4) is 0 Å². The normalized spacial score (nSPS) is 9.94. The second-order valence-corrected chi connectivity index (χ2v) is 3.77. The van der Waals surface area contributed by atoms with Gasteiger partial charge < -0.3 is 11.1 Å². The maximum atomic E-state index is 11.1. The molecular weight excluding hydrogens is 218 g/mol. The van der Waals surface area contributed by atoms with Crippen LogP contribution in [0.25, 0.3) is 0 Å². The van der Waals surface area contributed by atoms with Crippen LogP contribution in [0.2, 0.25) is 0 Å². The number of imide groups is 1. The highest BCUT2D eigenvalue weighted by Crippen LogP contribution is 2.06.